The summed E-state index contributed by atoms with van der Waals surface area (Å²) in [6.07, 6.45) is 4.43. The van der Waals surface area contributed by atoms with Crippen LogP contribution in [0.1, 0.15) is 53.4 Å². The topological polar surface area (TPSA) is 35.6 Å². The minimum atomic E-state index is 0.279. The first-order chi connectivity index (χ1) is 9.97. The Morgan fingerprint density at radius 3 is 2.00 bits per heavy atom. The molecule has 21 heavy (non-hydrogen) atoms. The van der Waals surface area contributed by atoms with E-state index in [1.807, 2.05) is 0 Å². The Morgan fingerprint density at radius 2 is 1.52 bits per heavy atom. The molecule has 2 aliphatic rings. The third-order valence-electron chi connectivity index (χ3n) is 5.00. The van der Waals surface area contributed by atoms with Crippen LogP contribution >= 0.6 is 0 Å². The van der Waals surface area contributed by atoms with E-state index >= 15 is 0 Å². The Labute approximate surface area is 130 Å². The molecule has 0 radical (unpaired) electrons. The molecule has 1 saturated carbocycles. The van der Waals surface area contributed by atoms with Gasteiger partial charge in [-0.15, -0.1) is 0 Å². The van der Waals surface area contributed by atoms with Crippen molar-refractivity contribution in [1.29, 1.82) is 0 Å². The Kier molecular flexibility index (Phi) is 6.06. The van der Waals surface area contributed by atoms with Gasteiger partial charge in [-0.2, -0.15) is 0 Å². The molecular weight excluding hydrogens is 262 g/mol. The van der Waals surface area contributed by atoms with Crippen LogP contribution in [0.15, 0.2) is 0 Å². The van der Waals surface area contributed by atoms with Crippen LogP contribution in [0.3, 0.4) is 0 Å². The van der Waals surface area contributed by atoms with Crippen LogP contribution in [0, 0.1) is 5.92 Å². The molecule has 1 aliphatic heterocycles. The lowest BCUT2D eigenvalue weighted by atomic mass is 9.84. The predicted molar refractivity (Wildman–Crippen MR) is 87.3 cm³/mol. The number of nitrogens with one attached hydrogen (secondary N) is 1. The average Bonchev–Trinajstić information content (AvgIpc) is 2.47. The first-order valence-corrected chi connectivity index (χ1v) is 8.76. The van der Waals surface area contributed by atoms with E-state index in [9.17, 15) is 4.79 Å². The third kappa shape index (κ3) is 4.68. The Morgan fingerprint density at radius 1 is 0.952 bits per heavy atom. The first kappa shape index (κ1) is 16.8. The molecule has 1 saturated heterocycles. The van der Waals surface area contributed by atoms with Gasteiger partial charge in [-0.3, -0.25) is 9.69 Å². The zero-order valence-electron chi connectivity index (χ0n) is 14.3. The molecule has 4 heteroatoms. The van der Waals surface area contributed by atoms with Gasteiger partial charge in [0.1, 0.15) is 0 Å². The van der Waals surface area contributed by atoms with Gasteiger partial charge in [-0.05, 0) is 39.5 Å². The third-order valence-corrected chi connectivity index (χ3v) is 5.00. The fraction of sp³-hybridized carbons (Fsp3) is 0.941. The summed E-state index contributed by atoms with van der Waals surface area (Å²) in [4.78, 5) is 17.2. The van der Waals surface area contributed by atoms with Crippen LogP contribution in [-0.2, 0) is 4.79 Å². The Hall–Kier alpha value is -0.610. The van der Waals surface area contributed by atoms with Crippen molar-refractivity contribution in [2.45, 2.75) is 71.5 Å². The van der Waals surface area contributed by atoms with Gasteiger partial charge in [-0.1, -0.05) is 13.8 Å². The molecule has 1 heterocycles. The molecule has 1 N–H and O–H groups in total. The van der Waals surface area contributed by atoms with Crippen molar-refractivity contribution in [3.05, 3.63) is 0 Å². The fourth-order valence-electron chi connectivity index (χ4n) is 3.70. The predicted octanol–water partition coefficient (Wildman–Crippen LogP) is 2.10. The van der Waals surface area contributed by atoms with Crippen molar-refractivity contribution in [1.82, 2.24) is 15.1 Å². The minimum absolute atomic E-state index is 0.279. The maximum atomic E-state index is 12.6. The second kappa shape index (κ2) is 7.59. The van der Waals surface area contributed by atoms with Crippen LogP contribution in [0.4, 0.5) is 0 Å². The van der Waals surface area contributed by atoms with Crippen molar-refractivity contribution >= 4 is 5.91 Å². The average molecular weight is 295 g/mol. The molecular formula is C17H33N3O. The highest BCUT2D eigenvalue weighted by molar-refractivity contribution is 5.79. The van der Waals surface area contributed by atoms with Crippen LogP contribution in [0.2, 0.25) is 0 Å². The summed E-state index contributed by atoms with van der Waals surface area (Å²) in [5.74, 6) is 0.696. The molecule has 0 bridgehead atoms. The molecule has 0 spiro atoms. The number of hydrogen-bond acceptors (Lipinski definition) is 3. The van der Waals surface area contributed by atoms with Crippen molar-refractivity contribution < 1.29 is 4.79 Å². The number of carbonyl (C=O) groups is 1. The molecule has 122 valence electrons. The van der Waals surface area contributed by atoms with Gasteiger partial charge >= 0.3 is 0 Å². The van der Waals surface area contributed by atoms with E-state index < -0.39 is 0 Å². The van der Waals surface area contributed by atoms with E-state index in [1.165, 1.54) is 0 Å². The summed E-state index contributed by atoms with van der Waals surface area (Å²) >= 11 is 0. The second-order valence-corrected chi connectivity index (χ2v) is 7.32. The fourth-order valence-corrected chi connectivity index (χ4v) is 3.70. The van der Waals surface area contributed by atoms with E-state index in [0.717, 1.165) is 51.9 Å². The summed E-state index contributed by atoms with van der Waals surface area (Å²) in [7, 11) is 0. The monoisotopic (exact) mass is 295 g/mol. The maximum Gasteiger partial charge on any atom is 0.225 e. The number of amides is 1. The van der Waals surface area contributed by atoms with Gasteiger partial charge in [0.05, 0.1) is 0 Å². The van der Waals surface area contributed by atoms with Gasteiger partial charge in [0, 0.05) is 50.2 Å². The smallest absolute Gasteiger partial charge is 0.225 e. The molecule has 4 nitrogen and oxygen atoms in total. The Bertz CT molecular complexity index is 327. The van der Waals surface area contributed by atoms with Crippen molar-refractivity contribution in [2.24, 2.45) is 5.92 Å². The SMILES string of the molecule is CC(C)NC1CCC(C(=O)N2CCN(C(C)C)CC2)CC1. The van der Waals surface area contributed by atoms with Crippen molar-refractivity contribution in [3.8, 4) is 0 Å². The summed E-state index contributed by atoms with van der Waals surface area (Å²) in [6.45, 7) is 12.8. The standard InChI is InChI=1S/C17H33N3O/c1-13(2)18-16-7-5-15(6-8-16)17(21)20-11-9-19(10-12-20)14(3)4/h13-16,18H,5-12H2,1-4H3. The number of rotatable bonds is 4. The molecule has 1 aliphatic carbocycles. The summed E-state index contributed by atoms with van der Waals surface area (Å²) in [5, 5.41) is 3.61. The second-order valence-electron chi connectivity index (χ2n) is 7.32. The number of hydrogen-bond donors (Lipinski definition) is 1. The highest BCUT2D eigenvalue weighted by atomic mass is 16.2. The van der Waals surface area contributed by atoms with Gasteiger partial charge in [-0.25, -0.2) is 0 Å². The van der Waals surface area contributed by atoms with Gasteiger partial charge in [0.25, 0.3) is 0 Å². The minimum Gasteiger partial charge on any atom is -0.340 e. The largest absolute Gasteiger partial charge is 0.340 e. The van der Waals surface area contributed by atoms with Crippen molar-refractivity contribution in [3.63, 3.8) is 0 Å². The van der Waals surface area contributed by atoms with Crippen LogP contribution in [0.5, 0.6) is 0 Å². The van der Waals surface area contributed by atoms with Crippen LogP contribution in [-0.4, -0.2) is 60.0 Å². The molecule has 0 unspecified atom stereocenters. The highest BCUT2D eigenvalue weighted by Crippen LogP contribution is 2.26. The zero-order chi connectivity index (χ0) is 15.4. The van der Waals surface area contributed by atoms with Gasteiger partial charge in [0.15, 0.2) is 0 Å². The number of nitrogens with zero attached hydrogens (tertiary/aromatic N) is 2. The molecule has 2 rings (SSSR count). The van der Waals surface area contributed by atoms with E-state index in [0.29, 0.717) is 24.0 Å². The molecule has 1 amide bonds. The lowest BCUT2D eigenvalue weighted by molar-refractivity contribution is -0.138. The molecule has 0 atom stereocenters. The summed E-state index contributed by atoms with van der Waals surface area (Å²) < 4.78 is 0. The summed E-state index contributed by atoms with van der Waals surface area (Å²) in [5.41, 5.74) is 0. The van der Waals surface area contributed by atoms with Gasteiger partial charge in [0.2, 0.25) is 5.91 Å². The normalized spacial score (nSPS) is 28.4. The number of piperazine rings is 1. The Balaban J connectivity index is 1.75. The van der Waals surface area contributed by atoms with Crippen molar-refractivity contribution in [2.75, 3.05) is 26.2 Å². The van der Waals surface area contributed by atoms with E-state index in [2.05, 4.69) is 42.8 Å². The molecule has 0 aromatic rings. The quantitative estimate of drug-likeness (QED) is 0.863. The molecule has 0 aromatic heterocycles. The van der Waals surface area contributed by atoms with E-state index in [1.54, 1.807) is 0 Å². The zero-order valence-corrected chi connectivity index (χ0v) is 14.3. The lowest BCUT2D eigenvalue weighted by Crippen LogP contribution is -2.52. The van der Waals surface area contributed by atoms with Gasteiger partial charge < -0.3 is 10.2 Å². The maximum absolute atomic E-state index is 12.6. The van der Waals surface area contributed by atoms with Crippen LogP contribution < -0.4 is 5.32 Å². The highest BCUT2D eigenvalue weighted by Gasteiger charge is 2.31. The summed E-state index contributed by atoms with van der Waals surface area (Å²) in [6, 6.07) is 1.76. The molecule has 0 aromatic carbocycles. The van der Waals surface area contributed by atoms with E-state index in [4.69, 9.17) is 0 Å². The molecule has 2 fully saturated rings. The van der Waals surface area contributed by atoms with Crippen LogP contribution in [0.25, 0.3) is 0 Å². The van der Waals surface area contributed by atoms with E-state index in [-0.39, 0.29) is 5.92 Å². The first-order valence-electron chi connectivity index (χ1n) is 8.76. The number of carbonyl (C=O) groups excluding carboxylic acids is 1. The lowest BCUT2D eigenvalue weighted by Gasteiger charge is -2.39.